The molecule has 11 heteroatoms. The smallest absolute Gasteiger partial charge is 0.325 e. The second kappa shape index (κ2) is 9.58. The van der Waals surface area contributed by atoms with E-state index in [1.165, 1.54) is 11.3 Å². The van der Waals surface area contributed by atoms with Gasteiger partial charge >= 0.3 is 12.0 Å². The van der Waals surface area contributed by atoms with Crippen LogP contribution in [0.5, 0.6) is 11.5 Å². The summed E-state index contributed by atoms with van der Waals surface area (Å²) in [4.78, 5) is 40.2. The number of amides is 3. The van der Waals surface area contributed by atoms with Crippen molar-refractivity contribution in [3.05, 3.63) is 46.1 Å². The first-order valence-electron chi connectivity index (χ1n) is 9.20. The van der Waals surface area contributed by atoms with Gasteiger partial charge in [-0.1, -0.05) is 0 Å². The molecule has 0 saturated carbocycles. The second-order valence-electron chi connectivity index (χ2n) is 6.35. The molecule has 0 spiro atoms. The van der Waals surface area contributed by atoms with Crippen molar-refractivity contribution in [2.24, 2.45) is 0 Å². The molecule has 0 unspecified atom stereocenters. The van der Waals surface area contributed by atoms with Crippen molar-refractivity contribution in [1.29, 1.82) is 0 Å². The fourth-order valence-electron chi connectivity index (χ4n) is 2.70. The van der Waals surface area contributed by atoms with E-state index in [9.17, 15) is 14.4 Å². The maximum atomic E-state index is 12.0. The van der Waals surface area contributed by atoms with Crippen LogP contribution in [0.1, 0.15) is 5.69 Å². The third-order valence-corrected chi connectivity index (χ3v) is 5.69. The summed E-state index contributed by atoms with van der Waals surface area (Å²) in [5, 5.41) is 11.1. The van der Waals surface area contributed by atoms with E-state index in [0.717, 1.165) is 10.6 Å². The zero-order valence-corrected chi connectivity index (χ0v) is 17.7. The number of anilines is 1. The van der Waals surface area contributed by atoms with Crippen molar-refractivity contribution in [1.82, 2.24) is 10.3 Å². The van der Waals surface area contributed by atoms with E-state index < -0.39 is 24.5 Å². The van der Waals surface area contributed by atoms with Crippen molar-refractivity contribution in [3.8, 4) is 22.1 Å². The quantitative estimate of drug-likeness (QED) is 0.544. The molecule has 3 amide bonds. The minimum absolute atomic E-state index is 0.0582. The number of nitrogens with one attached hydrogen (secondary N) is 2. The standard InChI is InChI=1S/C20H17N3O6S2/c24-17(23-20(26)22-13-1-2-15-16(7-13)28-5-4-27-15)9-29-18(25)8-14-11-31-19(21-14)12-3-6-30-10-12/h1-3,6-7,10-11H,4-5,8-9H2,(H2,22,23,24,26). The van der Waals surface area contributed by atoms with Crippen LogP contribution in [-0.2, 0) is 20.7 Å². The molecule has 1 aliphatic rings. The topological polar surface area (TPSA) is 116 Å². The van der Waals surface area contributed by atoms with Gasteiger partial charge in [-0.25, -0.2) is 9.78 Å². The van der Waals surface area contributed by atoms with Crippen molar-refractivity contribution >= 4 is 46.3 Å². The molecular formula is C20H17N3O6S2. The van der Waals surface area contributed by atoms with Gasteiger partial charge in [-0.05, 0) is 23.6 Å². The Morgan fingerprint density at radius 2 is 1.94 bits per heavy atom. The molecule has 0 radical (unpaired) electrons. The van der Waals surface area contributed by atoms with Crippen molar-refractivity contribution in [2.45, 2.75) is 6.42 Å². The molecular weight excluding hydrogens is 442 g/mol. The van der Waals surface area contributed by atoms with Crippen LogP contribution in [0.25, 0.3) is 10.6 Å². The lowest BCUT2D eigenvalue weighted by Gasteiger charge is -2.19. The van der Waals surface area contributed by atoms with Gasteiger partial charge in [0.25, 0.3) is 5.91 Å². The summed E-state index contributed by atoms with van der Waals surface area (Å²) in [6.07, 6.45) is -0.0582. The minimum Gasteiger partial charge on any atom is -0.486 e. The van der Waals surface area contributed by atoms with Crippen LogP contribution in [0.4, 0.5) is 10.5 Å². The summed E-state index contributed by atoms with van der Waals surface area (Å²) in [7, 11) is 0. The van der Waals surface area contributed by atoms with Gasteiger partial charge in [0, 0.05) is 28.1 Å². The number of thiazole rings is 1. The molecule has 0 fully saturated rings. The fourth-order valence-corrected chi connectivity index (χ4v) is 4.23. The number of carbonyl (C=O) groups excluding carboxylic acids is 3. The first-order chi connectivity index (χ1) is 15.1. The van der Waals surface area contributed by atoms with Gasteiger partial charge < -0.3 is 19.5 Å². The highest BCUT2D eigenvalue weighted by atomic mass is 32.1. The Morgan fingerprint density at radius 3 is 2.74 bits per heavy atom. The summed E-state index contributed by atoms with van der Waals surface area (Å²) < 4.78 is 15.8. The van der Waals surface area contributed by atoms with Crippen LogP contribution < -0.4 is 20.1 Å². The van der Waals surface area contributed by atoms with Gasteiger partial charge in [-0.2, -0.15) is 11.3 Å². The van der Waals surface area contributed by atoms with Crippen LogP contribution in [-0.4, -0.2) is 42.7 Å². The highest BCUT2D eigenvalue weighted by Crippen LogP contribution is 2.32. The van der Waals surface area contributed by atoms with Crippen LogP contribution in [0.2, 0.25) is 0 Å². The third kappa shape index (κ3) is 5.58. The fraction of sp³-hybridized carbons (Fsp3) is 0.200. The number of rotatable bonds is 6. The average molecular weight is 460 g/mol. The number of aromatic nitrogens is 1. The predicted octanol–water partition coefficient (Wildman–Crippen LogP) is 3.08. The maximum Gasteiger partial charge on any atom is 0.325 e. The Morgan fingerprint density at radius 1 is 1.10 bits per heavy atom. The molecule has 31 heavy (non-hydrogen) atoms. The highest BCUT2D eigenvalue weighted by molar-refractivity contribution is 7.14. The molecule has 2 aromatic heterocycles. The number of thiophene rings is 1. The van der Waals surface area contributed by atoms with E-state index in [0.29, 0.717) is 36.1 Å². The number of fused-ring (bicyclic) bond motifs is 1. The van der Waals surface area contributed by atoms with Crippen LogP contribution in [0.3, 0.4) is 0 Å². The first-order valence-corrected chi connectivity index (χ1v) is 11.0. The summed E-state index contributed by atoms with van der Waals surface area (Å²) in [6, 6.07) is 6.08. The van der Waals surface area contributed by atoms with Crippen molar-refractivity contribution in [2.75, 3.05) is 25.1 Å². The number of hydrogen-bond donors (Lipinski definition) is 2. The lowest BCUT2D eigenvalue weighted by Crippen LogP contribution is -2.37. The largest absolute Gasteiger partial charge is 0.486 e. The SMILES string of the molecule is O=C(COC(=O)Cc1csc(-c2ccsc2)n1)NC(=O)Nc1ccc2c(c1)OCCO2. The number of nitrogens with zero attached hydrogens (tertiary/aromatic N) is 1. The molecule has 0 saturated heterocycles. The Balaban J connectivity index is 1.21. The number of esters is 1. The summed E-state index contributed by atoms with van der Waals surface area (Å²) in [5.74, 6) is -0.263. The third-order valence-electron chi connectivity index (χ3n) is 4.06. The maximum absolute atomic E-state index is 12.0. The number of benzene rings is 1. The number of urea groups is 1. The molecule has 3 heterocycles. The molecule has 4 rings (SSSR count). The summed E-state index contributed by atoms with van der Waals surface area (Å²) in [5.41, 5.74) is 1.99. The van der Waals surface area contributed by atoms with Crippen LogP contribution >= 0.6 is 22.7 Å². The second-order valence-corrected chi connectivity index (χ2v) is 7.99. The Hall–Kier alpha value is -3.44. The van der Waals surface area contributed by atoms with E-state index in [-0.39, 0.29) is 6.42 Å². The van der Waals surface area contributed by atoms with E-state index >= 15 is 0 Å². The molecule has 0 atom stereocenters. The average Bonchev–Trinajstić information content (AvgIpc) is 3.44. The molecule has 0 bridgehead atoms. The normalized spacial score (nSPS) is 12.1. The number of hydrogen-bond acceptors (Lipinski definition) is 9. The van der Waals surface area contributed by atoms with Crippen molar-refractivity contribution < 1.29 is 28.6 Å². The van der Waals surface area contributed by atoms with Crippen LogP contribution in [0, 0.1) is 0 Å². The molecule has 1 aromatic carbocycles. The molecule has 0 aliphatic carbocycles. The van der Waals surface area contributed by atoms with Gasteiger partial charge in [0.15, 0.2) is 18.1 Å². The zero-order valence-electron chi connectivity index (χ0n) is 16.1. The zero-order chi connectivity index (χ0) is 21.6. The summed E-state index contributed by atoms with van der Waals surface area (Å²) >= 11 is 3.00. The Labute approximate surface area is 185 Å². The van der Waals surface area contributed by atoms with Crippen molar-refractivity contribution in [3.63, 3.8) is 0 Å². The van der Waals surface area contributed by atoms with E-state index in [4.69, 9.17) is 14.2 Å². The lowest BCUT2D eigenvalue weighted by molar-refractivity contribution is -0.147. The number of imide groups is 1. The monoisotopic (exact) mass is 459 g/mol. The van der Waals surface area contributed by atoms with Gasteiger partial charge in [0.1, 0.15) is 18.2 Å². The Bertz CT molecular complexity index is 1100. The predicted molar refractivity (Wildman–Crippen MR) is 115 cm³/mol. The summed E-state index contributed by atoms with van der Waals surface area (Å²) in [6.45, 7) is 0.309. The molecule has 160 valence electrons. The number of carbonyl (C=O) groups is 3. The van der Waals surface area contributed by atoms with E-state index in [1.807, 2.05) is 16.8 Å². The van der Waals surface area contributed by atoms with Gasteiger partial charge in [0.2, 0.25) is 0 Å². The number of ether oxygens (including phenoxy) is 3. The van der Waals surface area contributed by atoms with Gasteiger partial charge in [0.05, 0.1) is 12.1 Å². The van der Waals surface area contributed by atoms with Crippen LogP contribution in [0.15, 0.2) is 40.4 Å². The van der Waals surface area contributed by atoms with E-state index in [1.54, 1.807) is 34.9 Å². The molecule has 1 aliphatic heterocycles. The first kappa shape index (κ1) is 20.8. The van der Waals surface area contributed by atoms with Gasteiger partial charge in [-0.15, -0.1) is 11.3 Å². The Kier molecular flexibility index (Phi) is 6.43. The van der Waals surface area contributed by atoms with Gasteiger partial charge in [-0.3, -0.25) is 14.9 Å². The minimum atomic E-state index is -0.752. The molecule has 9 nitrogen and oxygen atoms in total. The van der Waals surface area contributed by atoms with E-state index in [2.05, 4.69) is 15.6 Å². The molecule has 2 N–H and O–H groups in total. The highest BCUT2D eigenvalue weighted by Gasteiger charge is 2.16. The molecule has 3 aromatic rings. The lowest BCUT2D eigenvalue weighted by atomic mass is 10.2.